The Labute approximate surface area is 191 Å². The third kappa shape index (κ3) is 5.85. The minimum atomic E-state index is -5.07. The molecule has 1 fully saturated rings. The van der Waals surface area contributed by atoms with Gasteiger partial charge in [-0.25, -0.2) is 29.3 Å². The molecule has 17 nitrogen and oxygen atoms in total. The first-order valence-electron chi connectivity index (χ1n) is 9.88. The fourth-order valence-electron chi connectivity index (χ4n) is 3.31. The minimum Gasteiger partial charge on any atom is -0.394 e. The quantitative estimate of drug-likeness (QED) is 0.0828. The lowest BCUT2D eigenvalue weighted by Crippen LogP contribution is -2.46. The smallest absolute Gasteiger partial charge is 0.394 e. The lowest BCUT2D eigenvalue weighted by atomic mass is 10.0. The summed E-state index contributed by atoms with van der Waals surface area (Å²) in [5.41, 5.74) is 6.13. The van der Waals surface area contributed by atoms with Gasteiger partial charge in [-0.2, -0.15) is 0 Å². The second-order valence-corrected chi connectivity index (χ2v) is 8.71. The molecule has 2 aromatic heterocycles. The van der Waals surface area contributed by atoms with Gasteiger partial charge in [0.05, 0.1) is 12.9 Å². The minimum absolute atomic E-state index is 0.0635. The number of nitrogens with two attached hydrogens (primary N) is 1. The third-order valence-corrected chi connectivity index (χ3v) is 5.61. The van der Waals surface area contributed by atoms with E-state index in [2.05, 4.69) is 15.0 Å². The van der Waals surface area contributed by atoms with Crippen molar-refractivity contribution in [2.45, 2.75) is 55.9 Å². The van der Waals surface area contributed by atoms with Gasteiger partial charge >= 0.3 is 7.82 Å². The Balaban J connectivity index is 1.72. The molecule has 34 heavy (non-hydrogen) atoms. The topological polar surface area (TPSA) is 265 Å². The zero-order valence-corrected chi connectivity index (χ0v) is 18.6. The van der Waals surface area contributed by atoms with E-state index in [1.54, 1.807) is 0 Å². The summed E-state index contributed by atoms with van der Waals surface area (Å²) in [5.74, 6) is 0.0635. The van der Waals surface area contributed by atoms with Crippen molar-refractivity contribution in [1.82, 2.24) is 19.5 Å². The number of hydrogen-bond donors (Lipinski definition) is 8. The number of phosphoric acid groups is 1. The highest BCUT2D eigenvalue weighted by molar-refractivity contribution is 7.46. The number of hydrogen-bond acceptors (Lipinski definition) is 14. The molecule has 0 spiro atoms. The van der Waals surface area contributed by atoms with Gasteiger partial charge in [0.1, 0.15) is 61.2 Å². The standard InChI is InChI=1S/C16H26N5O12P/c1-6(10(24)11(25)7(23)2-22)32-30-3-8-13(33-34(27,28)29)12(26)16(31-8)21-5-20-9-14(17)18-4-19-15(9)21/h4-8,10-13,16,22-26H,2-3H2,1H3,(H2,17,18,19)(H2,27,28,29)/t6-,7+,8+,10+,11+,12+,13+,16+/m0/s1. The fraction of sp³-hybridized carbons (Fsp3) is 0.688. The molecular formula is C16H26N5O12P. The Morgan fingerprint density at radius 2 is 1.94 bits per heavy atom. The van der Waals surface area contributed by atoms with Crippen molar-refractivity contribution in [3.63, 3.8) is 0 Å². The van der Waals surface area contributed by atoms with Crippen LogP contribution in [0.15, 0.2) is 12.7 Å². The maximum atomic E-state index is 11.4. The van der Waals surface area contributed by atoms with Gasteiger partial charge in [0.2, 0.25) is 0 Å². The van der Waals surface area contributed by atoms with E-state index in [9.17, 15) is 34.8 Å². The number of rotatable bonds is 11. The van der Waals surface area contributed by atoms with Gasteiger partial charge in [-0.3, -0.25) is 9.09 Å². The van der Waals surface area contributed by atoms with Gasteiger partial charge in [0, 0.05) is 0 Å². The average molecular weight is 511 g/mol. The molecule has 1 aliphatic rings. The Bertz CT molecular complexity index is 1010. The fourth-order valence-corrected chi connectivity index (χ4v) is 3.89. The normalized spacial score (nSPS) is 27.1. The molecular weight excluding hydrogens is 485 g/mol. The van der Waals surface area contributed by atoms with E-state index >= 15 is 0 Å². The van der Waals surface area contributed by atoms with Crippen LogP contribution in [0.25, 0.3) is 11.2 Å². The Kier molecular flexibility index (Phi) is 8.51. The van der Waals surface area contributed by atoms with Crippen molar-refractivity contribution < 1.29 is 58.9 Å². The van der Waals surface area contributed by atoms with Crippen molar-refractivity contribution in [3.8, 4) is 0 Å². The molecule has 0 bridgehead atoms. The molecule has 8 atom stereocenters. The predicted molar refractivity (Wildman–Crippen MR) is 108 cm³/mol. The van der Waals surface area contributed by atoms with Gasteiger partial charge in [0.25, 0.3) is 0 Å². The molecule has 1 aliphatic heterocycles. The summed E-state index contributed by atoms with van der Waals surface area (Å²) < 4.78 is 23.1. The number of anilines is 1. The monoisotopic (exact) mass is 511 g/mol. The summed E-state index contributed by atoms with van der Waals surface area (Å²) >= 11 is 0. The highest BCUT2D eigenvalue weighted by Gasteiger charge is 2.49. The summed E-state index contributed by atoms with van der Waals surface area (Å²) in [5, 5.41) is 48.7. The molecule has 2 aromatic rings. The van der Waals surface area contributed by atoms with Crippen LogP contribution < -0.4 is 5.73 Å². The lowest BCUT2D eigenvalue weighted by Gasteiger charge is -2.26. The summed E-state index contributed by atoms with van der Waals surface area (Å²) in [6, 6.07) is 0. The number of aromatic nitrogens is 4. The first-order valence-corrected chi connectivity index (χ1v) is 11.4. The second kappa shape index (κ2) is 10.8. The predicted octanol–water partition coefficient (Wildman–Crippen LogP) is -3.44. The maximum absolute atomic E-state index is 11.4. The van der Waals surface area contributed by atoms with Crippen LogP contribution in [0.2, 0.25) is 0 Å². The van der Waals surface area contributed by atoms with Crippen molar-refractivity contribution in [2.24, 2.45) is 0 Å². The third-order valence-electron chi connectivity index (χ3n) is 5.09. The van der Waals surface area contributed by atoms with Crippen molar-refractivity contribution in [3.05, 3.63) is 12.7 Å². The summed E-state index contributed by atoms with van der Waals surface area (Å²) in [6.07, 6.45) is -9.62. The molecule has 1 saturated heterocycles. The molecule has 3 heterocycles. The Morgan fingerprint density at radius 1 is 1.24 bits per heavy atom. The van der Waals surface area contributed by atoms with Crippen LogP contribution in [-0.4, -0.2) is 111 Å². The zero-order chi connectivity index (χ0) is 25.2. The van der Waals surface area contributed by atoms with Crippen LogP contribution in [0.3, 0.4) is 0 Å². The highest BCUT2D eigenvalue weighted by atomic mass is 31.2. The molecule has 192 valence electrons. The van der Waals surface area contributed by atoms with Gasteiger partial charge in [-0.15, -0.1) is 0 Å². The van der Waals surface area contributed by atoms with E-state index in [-0.39, 0.29) is 17.0 Å². The van der Waals surface area contributed by atoms with Crippen LogP contribution in [-0.2, 0) is 23.6 Å². The van der Waals surface area contributed by atoms with Crippen LogP contribution in [0.1, 0.15) is 13.2 Å². The number of ether oxygens (including phenoxy) is 1. The van der Waals surface area contributed by atoms with Crippen LogP contribution in [0, 0.1) is 0 Å². The van der Waals surface area contributed by atoms with Gasteiger partial charge in [-0.05, 0) is 6.92 Å². The number of phosphoric ester groups is 1. The van der Waals surface area contributed by atoms with Crippen LogP contribution >= 0.6 is 7.82 Å². The molecule has 9 N–H and O–H groups in total. The van der Waals surface area contributed by atoms with E-state index in [0.29, 0.717) is 0 Å². The highest BCUT2D eigenvalue weighted by Crippen LogP contribution is 2.44. The van der Waals surface area contributed by atoms with Crippen LogP contribution in [0.4, 0.5) is 5.82 Å². The first-order chi connectivity index (χ1) is 15.9. The van der Waals surface area contributed by atoms with Gasteiger partial charge in [-0.1, -0.05) is 0 Å². The average Bonchev–Trinajstić information content (AvgIpc) is 3.33. The number of aliphatic hydroxyl groups excluding tert-OH is 5. The van der Waals surface area contributed by atoms with Crippen LogP contribution in [0.5, 0.6) is 0 Å². The van der Waals surface area contributed by atoms with Crippen molar-refractivity contribution in [2.75, 3.05) is 18.9 Å². The van der Waals surface area contributed by atoms with E-state index < -0.39 is 70.0 Å². The molecule has 0 saturated carbocycles. The lowest BCUT2D eigenvalue weighted by molar-refractivity contribution is -0.350. The SMILES string of the molecule is C[C@H](OOC[C@H]1O[C@@H](n2cnc3c(N)ncnc32)[C@H](O)[C@@H]1OP(=O)(O)O)[C@@H](O)[C@H](O)[C@H](O)CO. The molecule has 3 rings (SSSR count). The van der Waals surface area contributed by atoms with Gasteiger partial charge in [0.15, 0.2) is 17.7 Å². The molecule has 0 unspecified atom stereocenters. The zero-order valence-electron chi connectivity index (χ0n) is 17.7. The number of fused-ring (bicyclic) bond motifs is 1. The first kappa shape index (κ1) is 26.7. The molecule has 0 aromatic carbocycles. The second-order valence-electron chi connectivity index (χ2n) is 7.52. The number of aliphatic hydroxyl groups is 5. The van der Waals surface area contributed by atoms with E-state index in [0.717, 1.165) is 6.33 Å². The number of nitrogens with zero attached hydrogens (tertiary/aromatic N) is 4. The molecule has 18 heteroatoms. The largest absolute Gasteiger partial charge is 0.470 e. The Morgan fingerprint density at radius 3 is 2.59 bits per heavy atom. The number of nitrogen functional groups attached to an aromatic ring is 1. The van der Waals surface area contributed by atoms with E-state index in [1.807, 2.05) is 0 Å². The van der Waals surface area contributed by atoms with Crippen molar-refractivity contribution in [1.29, 1.82) is 0 Å². The van der Waals surface area contributed by atoms with Gasteiger partial charge < -0.3 is 45.8 Å². The summed E-state index contributed by atoms with van der Waals surface area (Å²) in [4.78, 5) is 40.3. The molecule has 0 radical (unpaired) electrons. The summed E-state index contributed by atoms with van der Waals surface area (Å²) in [7, 11) is -5.07. The molecule has 0 amide bonds. The summed E-state index contributed by atoms with van der Waals surface area (Å²) in [6.45, 7) is -0.0594. The van der Waals surface area contributed by atoms with E-state index in [1.165, 1.54) is 17.8 Å². The van der Waals surface area contributed by atoms with E-state index in [4.69, 9.17) is 29.9 Å². The van der Waals surface area contributed by atoms with Crippen molar-refractivity contribution >= 4 is 24.8 Å². The Hall–Kier alpha value is -1.86. The molecule has 0 aliphatic carbocycles. The number of imidazole rings is 1. The maximum Gasteiger partial charge on any atom is 0.470 e.